The lowest BCUT2D eigenvalue weighted by Gasteiger charge is -2.38. The number of likely N-dealkylation sites (tertiary alicyclic amines) is 1. The maximum Gasteiger partial charge on any atom is 0.265 e. The van der Waals surface area contributed by atoms with E-state index in [4.69, 9.17) is 15.2 Å². The van der Waals surface area contributed by atoms with Crippen LogP contribution in [0.1, 0.15) is 48.0 Å². The van der Waals surface area contributed by atoms with Gasteiger partial charge in [0.2, 0.25) is 23.6 Å². The number of hydrogen-bond donors (Lipinski definition) is 4. The first kappa shape index (κ1) is 30.3. The topological polar surface area (TPSA) is 169 Å². The maximum absolute atomic E-state index is 13.9. The van der Waals surface area contributed by atoms with Gasteiger partial charge in [0.05, 0.1) is 5.69 Å². The second-order valence-electron chi connectivity index (χ2n) is 12.7. The van der Waals surface area contributed by atoms with Gasteiger partial charge < -0.3 is 36.1 Å². The molecule has 2 heterocycles. The Morgan fingerprint density at radius 3 is 2.51 bits per heavy atom. The number of hydrogen-bond acceptors (Lipinski definition) is 7. The van der Waals surface area contributed by atoms with Gasteiger partial charge in [-0.15, -0.1) is 0 Å². The largest absolute Gasteiger partial charge is 0.478 e. The van der Waals surface area contributed by atoms with Gasteiger partial charge in [0.15, 0.2) is 6.10 Å². The molecule has 2 aliphatic heterocycles. The summed E-state index contributed by atoms with van der Waals surface area (Å²) < 4.78 is 11.0. The molecule has 12 nitrogen and oxygen atoms in total. The van der Waals surface area contributed by atoms with Gasteiger partial charge in [0.25, 0.3) is 5.91 Å². The van der Waals surface area contributed by atoms with E-state index in [-0.39, 0.29) is 36.2 Å². The summed E-state index contributed by atoms with van der Waals surface area (Å²) in [5.41, 5.74) is 5.32. The van der Waals surface area contributed by atoms with Gasteiger partial charge in [-0.1, -0.05) is 46.8 Å². The summed E-state index contributed by atoms with van der Waals surface area (Å²) in [5.74, 6) is -2.24. The quantitative estimate of drug-likeness (QED) is 0.322. The summed E-state index contributed by atoms with van der Waals surface area (Å²) in [6, 6.07) is 3.90. The van der Waals surface area contributed by atoms with E-state index in [1.54, 1.807) is 31.2 Å². The van der Waals surface area contributed by atoms with Gasteiger partial charge in [-0.25, -0.2) is 0 Å². The Kier molecular flexibility index (Phi) is 8.35. The average Bonchev–Trinajstić information content (AvgIpc) is 3.22. The predicted molar refractivity (Wildman–Crippen MR) is 149 cm³/mol. The van der Waals surface area contributed by atoms with E-state index in [2.05, 4.69) is 16.0 Å². The molecule has 2 unspecified atom stereocenters. The summed E-state index contributed by atoms with van der Waals surface area (Å²) in [4.78, 5) is 66.8. The van der Waals surface area contributed by atoms with Crippen LogP contribution in [-0.2, 0) is 28.7 Å². The number of benzene rings is 1. The molecule has 1 saturated carbocycles. The van der Waals surface area contributed by atoms with E-state index in [0.717, 1.165) is 0 Å². The van der Waals surface area contributed by atoms with E-state index >= 15 is 0 Å². The van der Waals surface area contributed by atoms with Crippen molar-refractivity contribution in [3.8, 4) is 5.75 Å². The normalized spacial score (nSPS) is 25.5. The van der Waals surface area contributed by atoms with E-state index in [0.29, 0.717) is 24.6 Å². The number of ether oxygens (including phenoxy) is 2. The predicted octanol–water partition coefficient (Wildman–Crippen LogP) is 0.797. The Balaban J connectivity index is 1.52. The summed E-state index contributed by atoms with van der Waals surface area (Å²) in [5, 5.41) is 8.22. The highest BCUT2D eigenvalue weighted by atomic mass is 16.5. The number of piperidine rings is 1. The molecule has 0 bridgehead atoms. The maximum atomic E-state index is 13.9. The first-order valence-electron chi connectivity index (χ1n) is 14.0. The highest BCUT2D eigenvalue weighted by Crippen LogP contribution is 2.65. The number of primary amides is 1. The molecular formula is C29H41N5O7. The molecule has 1 aromatic rings. The molecule has 6 atom stereocenters. The number of rotatable bonds is 10. The fourth-order valence-electron chi connectivity index (χ4n) is 5.99. The number of nitrogens with one attached hydrogen (secondary N) is 3. The van der Waals surface area contributed by atoms with Crippen LogP contribution < -0.4 is 26.4 Å². The molecule has 1 saturated heterocycles. The van der Waals surface area contributed by atoms with Crippen molar-refractivity contribution in [2.24, 2.45) is 28.4 Å². The molecule has 41 heavy (non-hydrogen) atoms. The van der Waals surface area contributed by atoms with Crippen molar-refractivity contribution in [3.63, 3.8) is 0 Å². The van der Waals surface area contributed by atoms with E-state index in [9.17, 15) is 24.0 Å². The average molecular weight is 572 g/mol. The van der Waals surface area contributed by atoms with Crippen LogP contribution in [0, 0.1) is 22.7 Å². The standard InChI is InChI=1S/C29H41N5O7/c1-7-40-14-20(35)33-23(28(2,3)4)27(39)34-13-15-21(29(15,5)6)22(34)26(38)32-17(24(30)36)12-19-25(37)31-16-10-8-9-11-18(16)41-19/h8-11,15,17,19,21-23H,7,12-14H2,1-6H3,(H2,30,36)(H,31,37)(H,32,38)(H,33,35)/t15-,17?,19-,21-,22-,23?/m0/s1. The van der Waals surface area contributed by atoms with E-state index in [1.807, 2.05) is 34.6 Å². The monoisotopic (exact) mass is 571 g/mol. The van der Waals surface area contributed by atoms with Gasteiger partial charge in [0, 0.05) is 19.6 Å². The van der Waals surface area contributed by atoms with Crippen molar-refractivity contribution in [2.45, 2.75) is 72.2 Å². The Morgan fingerprint density at radius 2 is 1.88 bits per heavy atom. The second-order valence-corrected chi connectivity index (χ2v) is 12.7. The summed E-state index contributed by atoms with van der Waals surface area (Å²) >= 11 is 0. The summed E-state index contributed by atoms with van der Waals surface area (Å²) in [6.07, 6.45) is -1.24. The number of fused-ring (bicyclic) bond motifs is 2. The van der Waals surface area contributed by atoms with Crippen LogP contribution >= 0.6 is 0 Å². The SMILES string of the molecule is CCOCC(=O)NC(C(=O)N1C[C@H]2[C@@H]([C@H]1C(=O)NC(C[C@@H]1Oc3ccccc3NC1=O)C(N)=O)C2(C)C)C(C)(C)C. The molecule has 1 aliphatic carbocycles. The third-order valence-electron chi connectivity index (χ3n) is 8.43. The summed E-state index contributed by atoms with van der Waals surface area (Å²) in [7, 11) is 0. The molecule has 2 fully saturated rings. The Morgan fingerprint density at radius 1 is 1.20 bits per heavy atom. The first-order valence-corrected chi connectivity index (χ1v) is 14.0. The van der Waals surface area contributed by atoms with Crippen LogP contribution in [0.5, 0.6) is 5.75 Å². The minimum absolute atomic E-state index is 0.0814. The molecular weight excluding hydrogens is 530 g/mol. The number of carbonyl (C=O) groups excluding carboxylic acids is 5. The van der Waals surface area contributed by atoms with Crippen LogP contribution in [0.15, 0.2) is 24.3 Å². The molecule has 0 aromatic heterocycles. The minimum Gasteiger partial charge on any atom is -0.478 e. The molecule has 5 N–H and O–H groups in total. The molecule has 5 amide bonds. The summed E-state index contributed by atoms with van der Waals surface area (Å²) in [6.45, 7) is 11.9. The van der Waals surface area contributed by atoms with E-state index in [1.165, 1.54) is 4.90 Å². The number of anilines is 1. The molecule has 4 rings (SSSR count). The van der Waals surface area contributed by atoms with Crippen LogP contribution in [0.4, 0.5) is 5.69 Å². The first-order chi connectivity index (χ1) is 19.2. The Bertz CT molecular complexity index is 1230. The minimum atomic E-state index is -1.22. The Hall–Kier alpha value is -3.67. The number of nitrogens with zero attached hydrogens (tertiary/aromatic N) is 1. The van der Waals surface area contributed by atoms with E-state index < -0.39 is 53.3 Å². The highest BCUT2D eigenvalue weighted by molar-refractivity contribution is 5.99. The van der Waals surface area contributed by atoms with Gasteiger partial charge in [-0.2, -0.15) is 0 Å². The van der Waals surface area contributed by atoms with Gasteiger partial charge in [-0.05, 0) is 41.7 Å². The number of amides is 5. The van der Waals surface area contributed by atoms with Crippen LogP contribution in [0.2, 0.25) is 0 Å². The molecule has 1 aromatic carbocycles. The highest BCUT2D eigenvalue weighted by Gasteiger charge is 2.69. The lowest BCUT2D eigenvalue weighted by atomic mass is 9.85. The van der Waals surface area contributed by atoms with Crippen LogP contribution in [-0.4, -0.2) is 78.4 Å². The number of nitrogens with two attached hydrogens (primary N) is 1. The van der Waals surface area contributed by atoms with Gasteiger partial charge >= 0.3 is 0 Å². The zero-order chi connectivity index (χ0) is 30.3. The van der Waals surface area contributed by atoms with Crippen LogP contribution in [0.25, 0.3) is 0 Å². The van der Waals surface area contributed by atoms with Gasteiger partial charge in [-0.3, -0.25) is 24.0 Å². The van der Waals surface area contributed by atoms with Crippen molar-refractivity contribution in [3.05, 3.63) is 24.3 Å². The molecule has 3 aliphatic rings. The molecule has 0 radical (unpaired) electrons. The van der Waals surface area contributed by atoms with Crippen molar-refractivity contribution >= 4 is 35.2 Å². The zero-order valence-corrected chi connectivity index (χ0v) is 24.5. The van der Waals surface area contributed by atoms with Crippen LogP contribution in [0.3, 0.4) is 0 Å². The molecule has 12 heteroatoms. The third kappa shape index (κ3) is 6.17. The molecule has 224 valence electrons. The van der Waals surface area contributed by atoms with Crippen molar-refractivity contribution in [2.75, 3.05) is 25.1 Å². The van der Waals surface area contributed by atoms with Crippen molar-refractivity contribution in [1.29, 1.82) is 0 Å². The fraction of sp³-hybridized carbons (Fsp3) is 0.621. The fourth-order valence-corrected chi connectivity index (χ4v) is 5.99. The third-order valence-corrected chi connectivity index (χ3v) is 8.43. The van der Waals surface area contributed by atoms with Gasteiger partial charge in [0.1, 0.15) is 30.5 Å². The van der Waals surface area contributed by atoms with Crippen molar-refractivity contribution in [1.82, 2.24) is 15.5 Å². The lowest BCUT2D eigenvalue weighted by molar-refractivity contribution is -0.146. The lowest BCUT2D eigenvalue weighted by Crippen LogP contribution is -2.61. The second kappa shape index (κ2) is 11.3. The smallest absolute Gasteiger partial charge is 0.265 e. The Labute approximate surface area is 240 Å². The molecule has 0 spiro atoms. The zero-order valence-electron chi connectivity index (χ0n) is 24.5. The van der Waals surface area contributed by atoms with Crippen molar-refractivity contribution < 1.29 is 33.4 Å². The number of carbonyl (C=O) groups is 5. The number of para-hydroxylation sites is 2.